The van der Waals surface area contributed by atoms with Gasteiger partial charge >= 0.3 is 5.97 Å². The molecule has 1 aromatic rings. The molecule has 3 rings (SSSR count). The van der Waals surface area contributed by atoms with Crippen LogP contribution in [0.1, 0.15) is 34.6 Å². The molecule has 0 aromatic carbocycles. The monoisotopic (exact) mass is 454 g/mol. The third kappa shape index (κ3) is 4.39. The van der Waals surface area contributed by atoms with Gasteiger partial charge in [-0.25, -0.2) is 9.78 Å². The lowest BCUT2D eigenvalue weighted by atomic mass is 9.79. The highest BCUT2D eigenvalue weighted by Crippen LogP contribution is 2.52. The summed E-state index contributed by atoms with van der Waals surface area (Å²) in [6.07, 6.45) is -0.844. The van der Waals surface area contributed by atoms with Gasteiger partial charge in [0.2, 0.25) is 11.8 Å². The van der Waals surface area contributed by atoms with Crippen LogP contribution in [0.15, 0.2) is 20.3 Å². The van der Waals surface area contributed by atoms with Crippen molar-refractivity contribution in [2.24, 2.45) is 11.8 Å². The number of thiazole rings is 1. The van der Waals surface area contributed by atoms with E-state index in [9.17, 15) is 24.6 Å². The Hall–Kier alpha value is -1.95. The van der Waals surface area contributed by atoms with Crippen molar-refractivity contribution in [3.8, 4) is 0 Å². The van der Waals surface area contributed by atoms with E-state index >= 15 is 0 Å². The van der Waals surface area contributed by atoms with Gasteiger partial charge in [-0.3, -0.25) is 9.59 Å². The fourth-order valence-corrected chi connectivity index (χ4v) is 5.67. The number of thioether (sulfide) groups is 1. The fourth-order valence-electron chi connectivity index (χ4n) is 3.64. The number of nitrogens with one attached hydrogen (secondary N) is 2. The first-order chi connectivity index (χ1) is 13.9. The number of carbonyl (C=O) groups excluding carboxylic acids is 2. The summed E-state index contributed by atoms with van der Waals surface area (Å²) >= 11 is 2.47. The first-order valence-electron chi connectivity index (χ1n) is 9.57. The van der Waals surface area contributed by atoms with Gasteiger partial charge in [0, 0.05) is 21.7 Å². The Bertz CT molecular complexity index is 905. The van der Waals surface area contributed by atoms with Crippen LogP contribution < -0.4 is 10.6 Å². The number of aliphatic hydroxyl groups excluding tert-OH is 1. The normalized spacial score (nSPS) is 24.5. The highest BCUT2D eigenvalue weighted by molar-refractivity contribution is 8.04. The molecular weight excluding hydrogens is 428 g/mol. The Morgan fingerprint density at radius 3 is 2.63 bits per heavy atom. The van der Waals surface area contributed by atoms with Crippen LogP contribution in [-0.2, 0) is 14.4 Å². The number of fused-ring (bicyclic) bond motifs is 1. The van der Waals surface area contributed by atoms with Crippen LogP contribution in [0.4, 0.5) is 5.82 Å². The number of β-lactam (4-membered cyclic amide) rings is 1. The predicted octanol–water partition coefficient (Wildman–Crippen LogP) is 1.72. The Balaban J connectivity index is 1.73. The van der Waals surface area contributed by atoms with E-state index in [0.717, 1.165) is 0 Å². The van der Waals surface area contributed by atoms with Crippen LogP contribution in [0.25, 0.3) is 0 Å². The van der Waals surface area contributed by atoms with E-state index in [1.165, 1.54) is 28.0 Å². The van der Waals surface area contributed by atoms with E-state index in [-0.39, 0.29) is 41.6 Å². The summed E-state index contributed by atoms with van der Waals surface area (Å²) in [7, 11) is 0. The van der Waals surface area contributed by atoms with Gasteiger partial charge < -0.3 is 25.7 Å². The number of rotatable bonds is 7. The van der Waals surface area contributed by atoms with Gasteiger partial charge in [0.05, 0.1) is 24.6 Å². The highest BCUT2D eigenvalue weighted by Gasteiger charge is 2.60. The van der Waals surface area contributed by atoms with Crippen molar-refractivity contribution in [3.05, 3.63) is 16.0 Å². The molecule has 9 nitrogen and oxygen atoms in total. The van der Waals surface area contributed by atoms with Crippen LogP contribution in [0.3, 0.4) is 0 Å². The maximum absolute atomic E-state index is 12.4. The van der Waals surface area contributed by atoms with Crippen molar-refractivity contribution in [2.45, 2.75) is 56.6 Å². The first-order valence-corrected chi connectivity index (χ1v) is 11.3. The summed E-state index contributed by atoms with van der Waals surface area (Å²) in [4.78, 5) is 42.5. The predicted molar refractivity (Wildman–Crippen MR) is 114 cm³/mol. The lowest BCUT2D eigenvalue weighted by Crippen LogP contribution is -2.63. The number of carboxylic acids is 1. The van der Waals surface area contributed by atoms with Gasteiger partial charge in [-0.05, 0) is 27.7 Å². The zero-order chi connectivity index (χ0) is 22.4. The molecule has 3 heterocycles. The summed E-state index contributed by atoms with van der Waals surface area (Å²) < 4.78 is 0.568. The zero-order valence-electron chi connectivity index (χ0n) is 17.4. The minimum absolute atomic E-state index is 0.0467. The van der Waals surface area contributed by atoms with E-state index in [0.29, 0.717) is 15.1 Å². The lowest BCUT2D eigenvalue weighted by Gasteiger charge is -2.46. The second kappa shape index (κ2) is 8.29. The third-order valence-corrected chi connectivity index (χ3v) is 7.26. The summed E-state index contributed by atoms with van der Waals surface area (Å²) in [5.74, 6) is -2.21. The molecule has 164 valence electrons. The molecule has 4 N–H and O–H groups in total. The van der Waals surface area contributed by atoms with E-state index < -0.39 is 18.0 Å². The van der Waals surface area contributed by atoms with Crippen molar-refractivity contribution in [3.63, 3.8) is 0 Å². The summed E-state index contributed by atoms with van der Waals surface area (Å²) in [6, 6.07) is -0.367. The third-order valence-electron chi connectivity index (χ3n) is 5.04. The van der Waals surface area contributed by atoms with Gasteiger partial charge in [-0.15, -0.1) is 11.3 Å². The highest BCUT2D eigenvalue weighted by atomic mass is 32.2. The smallest absolute Gasteiger partial charge is 0.353 e. The van der Waals surface area contributed by atoms with Crippen LogP contribution >= 0.6 is 23.1 Å². The van der Waals surface area contributed by atoms with Crippen molar-refractivity contribution >= 4 is 46.7 Å². The number of aliphatic hydroxyl groups is 1. The van der Waals surface area contributed by atoms with E-state index in [1.807, 2.05) is 27.7 Å². The van der Waals surface area contributed by atoms with Gasteiger partial charge in [-0.2, -0.15) is 0 Å². The van der Waals surface area contributed by atoms with E-state index in [4.69, 9.17) is 0 Å². The molecule has 0 saturated carbocycles. The minimum Gasteiger partial charge on any atom is -0.477 e. The van der Waals surface area contributed by atoms with E-state index in [1.54, 1.807) is 12.3 Å². The van der Waals surface area contributed by atoms with Crippen molar-refractivity contribution in [2.75, 3.05) is 11.9 Å². The maximum Gasteiger partial charge on any atom is 0.353 e. The maximum atomic E-state index is 12.4. The van der Waals surface area contributed by atoms with E-state index in [2.05, 4.69) is 15.6 Å². The lowest BCUT2D eigenvalue weighted by molar-refractivity contribution is -0.163. The number of anilines is 1. The molecule has 30 heavy (non-hydrogen) atoms. The topological polar surface area (TPSA) is 132 Å². The average Bonchev–Trinajstić information content (AvgIpc) is 3.14. The fraction of sp³-hybridized carbons (Fsp3) is 0.579. The Labute approximate surface area is 182 Å². The quantitative estimate of drug-likeness (QED) is 0.458. The van der Waals surface area contributed by atoms with Crippen molar-refractivity contribution < 1.29 is 24.6 Å². The summed E-state index contributed by atoms with van der Waals surface area (Å²) in [5, 5.41) is 27.1. The number of aliphatic carboxylic acids is 1. The number of carbonyl (C=O) groups is 3. The average molecular weight is 455 g/mol. The summed E-state index contributed by atoms with van der Waals surface area (Å²) in [6.45, 7) is 9.43. The molecule has 0 aliphatic carbocycles. The van der Waals surface area contributed by atoms with Gasteiger partial charge in [-0.1, -0.05) is 18.7 Å². The standard InChI is InChI=1S/C19H26N4O5S2/c1-8-13-12(9(2)24)16(26)23(13)14(17(27)28)15(8)30-18-22-10(7-29-18)21-11(25)6-20-19(3,4)5/h7-9,12-13,20,24H,6H2,1-5H3,(H,21,25)(H,27,28)/t8-,9-,12-,13-/m1/s1. The number of carboxylic acid groups (broad SMARTS) is 1. The molecule has 2 aliphatic heterocycles. The molecular formula is C19H26N4O5S2. The van der Waals surface area contributed by atoms with Crippen LogP contribution in [0.5, 0.6) is 0 Å². The Morgan fingerprint density at radius 2 is 2.07 bits per heavy atom. The molecule has 1 fully saturated rings. The van der Waals surface area contributed by atoms with Crippen LogP contribution in [0, 0.1) is 11.8 Å². The molecule has 11 heteroatoms. The number of hydrogen-bond acceptors (Lipinski definition) is 8. The van der Waals surface area contributed by atoms with Gasteiger partial charge in [0.1, 0.15) is 11.5 Å². The summed E-state index contributed by atoms with van der Waals surface area (Å²) in [5.41, 5.74) is -0.232. The molecule has 0 radical (unpaired) electrons. The van der Waals surface area contributed by atoms with Gasteiger partial charge in [0.15, 0.2) is 4.34 Å². The molecule has 4 atom stereocenters. The zero-order valence-corrected chi connectivity index (χ0v) is 19.1. The Morgan fingerprint density at radius 1 is 1.40 bits per heavy atom. The molecule has 0 spiro atoms. The molecule has 0 bridgehead atoms. The first kappa shape index (κ1) is 22.7. The molecule has 2 aliphatic rings. The van der Waals surface area contributed by atoms with Crippen LogP contribution in [0.2, 0.25) is 0 Å². The number of nitrogens with zero attached hydrogens (tertiary/aromatic N) is 2. The Kier molecular flexibility index (Phi) is 6.28. The van der Waals surface area contributed by atoms with Gasteiger partial charge in [0.25, 0.3) is 0 Å². The molecule has 0 unspecified atom stereocenters. The van der Waals surface area contributed by atoms with Crippen molar-refractivity contribution in [1.29, 1.82) is 0 Å². The largest absolute Gasteiger partial charge is 0.477 e. The number of amides is 2. The molecule has 1 aromatic heterocycles. The second-order valence-electron chi connectivity index (χ2n) is 8.52. The second-order valence-corrected chi connectivity index (χ2v) is 10.7. The van der Waals surface area contributed by atoms with Crippen molar-refractivity contribution in [1.82, 2.24) is 15.2 Å². The number of hydrogen-bond donors (Lipinski definition) is 4. The molecule has 1 saturated heterocycles. The SMILES string of the molecule is C[C@@H](O)[C@H]1C(=O)N2C(C(=O)O)=C(Sc3nc(NC(=O)CNC(C)(C)C)cs3)[C@H](C)[C@H]12. The number of aromatic nitrogens is 1. The molecule has 2 amide bonds. The minimum atomic E-state index is -1.18. The van der Waals surface area contributed by atoms with Crippen LogP contribution in [-0.4, -0.2) is 62.1 Å².